The van der Waals surface area contributed by atoms with E-state index in [2.05, 4.69) is 34.5 Å². The van der Waals surface area contributed by atoms with Gasteiger partial charge in [0.25, 0.3) is 5.91 Å². The molecule has 3 aromatic rings. The number of carbonyl (C=O) groups is 1. The van der Waals surface area contributed by atoms with Crippen LogP contribution in [0.3, 0.4) is 0 Å². The fourth-order valence-corrected chi connectivity index (χ4v) is 4.71. The van der Waals surface area contributed by atoms with Gasteiger partial charge in [-0.15, -0.1) is 16.4 Å². The van der Waals surface area contributed by atoms with Crippen LogP contribution in [-0.4, -0.2) is 52.7 Å². The predicted octanol–water partition coefficient (Wildman–Crippen LogP) is 0.401. The van der Waals surface area contributed by atoms with Gasteiger partial charge in [-0.25, -0.2) is 9.97 Å². The number of hydrogen-bond donors (Lipinski definition) is 2. The summed E-state index contributed by atoms with van der Waals surface area (Å²) in [5.74, 6) is 0.787. The molecule has 0 unspecified atom stereocenters. The molecule has 0 saturated heterocycles. The predicted molar refractivity (Wildman–Crippen MR) is 97.6 cm³/mol. The summed E-state index contributed by atoms with van der Waals surface area (Å²) in [6.07, 6.45) is 4.31. The van der Waals surface area contributed by atoms with Crippen molar-refractivity contribution in [3.63, 3.8) is 0 Å². The molecule has 1 amide bonds. The molecule has 0 fully saturated rings. The van der Waals surface area contributed by atoms with E-state index in [1.807, 2.05) is 6.92 Å². The summed E-state index contributed by atoms with van der Waals surface area (Å²) < 4.78 is 1.71. The molecule has 0 bridgehead atoms. The highest BCUT2D eigenvalue weighted by molar-refractivity contribution is 7.19. The molecule has 3 aromatic heterocycles. The van der Waals surface area contributed by atoms with E-state index in [0.717, 1.165) is 47.5 Å². The third-order valence-corrected chi connectivity index (χ3v) is 5.83. The zero-order valence-electron chi connectivity index (χ0n) is 14.8. The van der Waals surface area contributed by atoms with Crippen molar-refractivity contribution >= 4 is 33.1 Å². The Labute approximate surface area is 150 Å². The Kier molecular flexibility index (Phi) is 4.16. The van der Waals surface area contributed by atoms with Gasteiger partial charge in [0.1, 0.15) is 10.7 Å². The van der Waals surface area contributed by atoms with Gasteiger partial charge in [0, 0.05) is 17.8 Å². The second-order valence-corrected chi connectivity index (χ2v) is 8.02. The van der Waals surface area contributed by atoms with Gasteiger partial charge in [0.15, 0.2) is 5.65 Å². The molecule has 1 aliphatic rings. The maximum absolute atomic E-state index is 12.4. The van der Waals surface area contributed by atoms with Crippen molar-refractivity contribution in [2.24, 2.45) is 0 Å². The zero-order chi connectivity index (χ0) is 17.6. The summed E-state index contributed by atoms with van der Waals surface area (Å²) in [6.45, 7) is 3.57. The minimum Gasteiger partial charge on any atom is -0.349 e. The SMILES string of the molecule is Cc1nc2sc3c(c2c2nc(C(=O)NCCC[NH+](C)C)nn12)CCC3. The summed E-state index contributed by atoms with van der Waals surface area (Å²) in [5, 5.41) is 8.42. The van der Waals surface area contributed by atoms with Gasteiger partial charge in [-0.3, -0.25) is 4.79 Å². The summed E-state index contributed by atoms with van der Waals surface area (Å²) in [5.41, 5.74) is 2.12. The fourth-order valence-electron chi connectivity index (χ4n) is 3.41. The Balaban J connectivity index is 1.66. The molecule has 0 atom stereocenters. The number of quaternary nitrogens is 1. The Morgan fingerprint density at radius 2 is 2.16 bits per heavy atom. The molecule has 0 aliphatic heterocycles. The third kappa shape index (κ3) is 2.89. The first-order valence-electron chi connectivity index (χ1n) is 8.79. The molecule has 2 N–H and O–H groups in total. The topological polar surface area (TPSA) is 76.6 Å². The average molecular weight is 359 g/mol. The first-order valence-corrected chi connectivity index (χ1v) is 9.61. The number of amides is 1. The highest BCUT2D eigenvalue weighted by Crippen LogP contribution is 2.38. The lowest BCUT2D eigenvalue weighted by molar-refractivity contribution is -0.858. The number of fused-ring (bicyclic) bond motifs is 5. The number of nitrogens with one attached hydrogen (secondary N) is 2. The number of hydrogen-bond acceptors (Lipinski definition) is 5. The number of aromatic nitrogens is 4. The van der Waals surface area contributed by atoms with E-state index < -0.39 is 0 Å². The van der Waals surface area contributed by atoms with Crippen molar-refractivity contribution in [2.75, 3.05) is 27.2 Å². The van der Waals surface area contributed by atoms with Crippen molar-refractivity contribution in [2.45, 2.75) is 32.6 Å². The van der Waals surface area contributed by atoms with Crippen LogP contribution in [0.15, 0.2) is 0 Å². The molecule has 4 rings (SSSR count). The summed E-state index contributed by atoms with van der Waals surface area (Å²) in [4.78, 5) is 25.4. The molecule has 0 aromatic carbocycles. The van der Waals surface area contributed by atoms with Gasteiger partial charge in [0.2, 0.25) is 5.82 Å². The van der Waals surface area contributed by atoms with E-state index in [4.69, 9.17) is 0 Å². The summed E-state index contributed by atoms with van der Waals surface area (Å²) in [6, 6.07) is 0. The van der Waals surface area contributed by atoms with Gasteiger partial charge >= 0.3 is 0 Å². The van der Waals surface area contributed by atoms with Crippen molar-refractivity contribution < 1.29 is 9.69 Å². The average Bonchev–Trinajstić information content (AvgIpc) is 3.24. The zero-order valence-corrected chi connectivity index (χ0v) is 15.7. The van der Waals surface area contributed by atoms with Gasteiger partial charge in [-0.05, 0) is 31.7 Å². The Morgan fingerprint density at radius 1 is 1.32 bits per heavy atom. The van der Waals surface area contributed by atoms with Gasteiger partial charge in [0.05, 0.1) is 26.0 Å². The molecular weight excluding hydrogens is 336 g/mol. The maximum Gasteiger partial charge on any atom is 0.290 e. The normalized spacial score (nSPS) is 13.9. The standard InChI is InChI=1S/C17H22N6OS/c1-10-19-17-13(11-6-4-7-12(11)25-17)15-20-14(21-23(10)15)16(24)18-8-5-9-22(2)3/h4-9H2,1-3H3,(H,18,24)/p+1. The van der Waals surface area contributed by atoms with Crippen LogP contribution in [0, 0.1) is 6.92 Å². The molecule has 0 spiro atoms. The summed E-state index contributed by atoms with van der Waals surface area (Å²) >= 11 is 1.76. The molecule has 3 heterocycles. The lowest BCUT2D eigenvalue weighted by atomic mass is 10.2. The first-order chi connectivity index (χ1) is 12.0. The molecule has 8 heteroatoms. The van der Waals surface area contributed by atoms with Crippen molar-refractivity contribution in [3.8, 4) is 0 Å². The fraction of sp³-hybridized carbons (Fsp3) is 0.529. The number of thiophene rings is 1. The van der Waals surface area contributed by atoms with E-state index in [9.17, 15) is 4.79 Å². The van der Waals surface area contributed by atoms with Crippen LogP contribution >= 0.6 is 11.3 Å². The van der Waals surface area contributed by atoms with Gasteiger partial charge in [-0.2, -0.15) is 4.52 Å². The number of carbonyl (C=O) groups excluding carboxylic acids is 1. The van der Waals surface area contributed by atoms with Crippen LogP contribution in [0.2, 0.25) is 0 Å². The van der Waals surface area contributed by atoms with Crippen LogP contribution in [0.4, 0.5) is 0 Å². The van der Waals surface area contributed by atoms with Gasteiger partial charge in [-0.1, -0.05) is 0 Å². The number of rotatable bonds is 5. The second kappa shape index (κ2) is 6.34. The molecule has 7 nitrogen and oxygen atoms in total. The number of nitrogens with zero attached hydrogens (tertiary/aromatic N) is 4. The maximum atomic E-state index is 12.4. The number of aryl methyl sites for hydroxylation is 3. The Hall–Kier alpha value is -2.06. The van der Waals surface area contributed by atoms with E-state index in [0.29, 0.717) is 6.54 Å². The minimum atomic E-state index is -0.211. The molecular formula is C17H23N6OS+. The van der Waals surface area contributed by atoms with Crippen molar-refractivity contribution in [1.82, 2.24) is 24.9 Å². The molecule has 132 valence electrons. The second-order valence-electron chi connectivity index (χ2n) is 6.93. The largest absolute Gasteiger partial charge is 0.349 e. The Morgan fingerprint density at radius 3 is 2.96 bits per heavy atom. The van der Waals surface area contributed by atoms with Crippen LogP contribution in [0.25, 0.3) is 15.9 Å². The molecule has 1 aliphatic carbocycles. The van der Waals surface area contributed by atoms with Crippen LogP contribution in [-0.2, 0) is 12.8 Å². The molecule has 25 heavy (non-hydrogen) atoms. The van der Waals surface area contributed by atoms with Gasteiger partial charge < -0.3 is 10.2 Å². The van der Waals surface area contributed by atoms with E-state index >= 15 is 0 Å². The van der Waals surface area contributed by atoms with Crippen molar-refractivity contribution in [1.29, 1.82) is 0 Å². The van der Waals surface area contributed by atoms with Crippen LogP contribution in [0.5, 0.6) is 0 Å². The quantitative estimate of drug-likeness (QED) is 0.647. The van der Waals surface area contributed by atoms with Crippen LogP contribution in [0.1, 0.15) is 39.7 Å². The minimum absolute atomic E-state index is 0.211. The first kappa shape index (κ1) is 16.4. The van der Waals surface area contributed by atoms with Crippen LogP contribution < -0.4 is 10.2 Å². The monoisotopic (exact) mass is 359 g/mol. The lowest BCUT2D eigenvalue weighted by Crippen LogP contribution is -3.05. The van der Waals surface area contributed by atoms with E-state index in [1.54, 1.807) is 15.9 Å². The van der Waals surface area contributed by atoms with E-state index in [-0.39, 0.29) is 11.7 Å². The molecule has 0 radical (unpaired) electrons. The lowest BCUT2D eigenvalue weighted by Gasteiger charge is -2.06. The smallest absolute Gasteiger partial charge is 0.290 e. The Bertz CT molecular complexity index is 957. The van der Waals surface area contributed by atoms with E-state index in [1.165, 1.54) is 21.8 Å². The summed E-state index contributed by atoms with van der Waals surface area (Å²) in [7, 11) is 4.21. The molecule has 0 saturated carbocycles. The van der Waals surface area contributed by atoms with Crippen molar-refractivity contribution in [3.05, 3.63) is 22.1 Å². The third-order valence-electron chi connectivity index (χ3n) is 4.65. The highest BCUT2D eigenvalue weighted by Gasteiger charge is 2.24. The highest BCUT2D eigenvalue weighted by atomic mass is 32.1.